The van der Waals surface area contributed by atoms with Crippen molar-refractivity contribution in [2.75, 3.05) is 13.7 Å². The fraction of sp³-hybridized carbons (Fsp3) is 0.303. The van der Waals surface area contributed by atoms with Gasteiger partial charge in [0.15, 0.2) is 6.61 Å². The van der Waals surface area contributed by atoms with Gasteiger partial charge in [0.05, 0.1) is 13.2 Å². The standard InChI is InChI=1S/C33H33ClF3N3O8/c1-18(2)27(29(43)33(35,36)37)39-32(46)28(20-9-13-23(47-3)14-10-20)40-31(45)25(38-30(44)21-5-4-6-22(34)16-21)15-19-7-11-24(12-8-19)48-17-26(41)42/h4-14,16,18,25,27-28H,15,17H2,1-3H3,(H,38,44)(H,39,46)(H,40,45)(H,41,42)/t25-,27-,28-/m0/s1. The average Bonchev–Trinajstić information content (AvgIpc) is 3.04. The molecule has 0 bridgehead atoms. The second-order valence-electron chi connectivity index (χ2n) is 10.9. The Balaban J connectivity index is 1.96. The Morgan fingerprint density at radius 1 is 0.854 bits per heavy atom. The Morgan fingerprint density at radius 2 is 1.48 bits per heavy atom. The third kappa shape index (κ3) is 10.7. The van der Waals surface area contributed by atoms with Crippen molar-refractivity contribution in [1.29, 1.82) is 0 Å². The van der Waals surface area contributed by atoms with Crippen LogP contribution in [-0.4, -0.2) is 66.6 Å². The predicted molar refractivity (Wildman–Crippen MR) is 168 cm³/mol. The summed E-state index contributed by atoms with van der Waals surface area (Å²) < 4.78 is 50.4. The van der Waals surface area contributed by atoms with E-state index in [0.717, 1.165) is 0 Å². The van der Waals surface area contributed by atoms with Crippen molar-refractivity contribution < 1.29 is 51.7 Å². The smallest absolute Gasteiger partial charge is 0.452 e. The summed E-state index contributed by atoms with van der Waals surface area (Å²) in [7, 11) is 1.40. The van der Waals surface area contributed by atoms with Crippen LogP contribution in [0, 0.1) is 5.92 Å². The van der Waals surface area contributed by atoms with Gasteiger partial charge in [0.25, 0.3) is 11.7 Å². The SMILES string of the molecule is COc1ccc([C@H](NC(=O)[C@H](Cc2ccc(OCC(=O)O)cc2)NC(=O)c2cccc(Cl)c2)C(=O)N[C@H](C(=O)C(F)(F)F)C(C)C)cc1. The average molecular weight is 692 g/mol. The maximum Gasteiger partial charge on any atom is 0.452 e. The number of alkyl halides is 3. The first-order chi connectivity index (χ1) is 22.6. The molecule has 3 aromatic rings. The summed E-state index contributed by atoms with van der Waals surface area (Å²) in [6, 6.07) is 12.7. The number of methoxy groups -OCH3 is 1. The molecule has 11 nitrogen and oxygen atoms in total. The lowest BCUT2D eigenvalue weighted by Gasteiger charge is -2.27. The van der Waals surface area contributed by atoms with Crippen LogP contribution in [0.4, 0.5) is 13.2 Å². The molecule has 0 fully saturated rings. The van der Waals surface area contributed by atoms with Gasteiger partial charge in [-0.25, -0.2) is 4.79 Å². The number of hydrogen-bond acceptors (Lipinski definition) is 7. The fourth-order valence-corrected chi connectivity index (χ4v) is 4.66. The summed E-state index contributed by atoms with van der Waals surface area (Å²) in [5.41, 5.74) is 0.751. The van der Waals surface area contributed by atoms with Gasteiger partial charge in [-0.05, 0) is 59.5 Å². The van der Waals surface area contributed by atoms with E-state index in [1.807, 2.05) is 0 Å². The monoisotopic (exact) mass is 691 g/mol. The zero-order valence-corrected chi connectivity index (χ0v) is 26.7. The van der Waals surface area contributed by atoms with E-state index < -0.39 is 66.3 Å². The van der Waals surface area contributed by atoms with Crippen molar-refractivity contribution in [1.82, 2.24) is 16.0 Å². The number of amides is 3. The molecule has 0 aliphatic heterocycles. The van der Waals surface area contributed by atoms with Gasteiger partial charge >= 0.3 is 12.1 Å². The minimum absolute atomic E-state index is 0.118. The third-order valence-corrected chi connectivity index (χ3v) is 7.19. The molecule has 15 heteroatoms. The largest absolute Gasteiger partial charge is 0.497 e. The highest BCUT2D eigenvalue weighted by Gasteiger charge is 2.45. The summed E-state index contributed by atoms with van der Waals surface area (Å²) in [5, 5.41) is 16.3. The van der Waals surface area contributed by atoms with E-state index in [0.29, 0.717) is 11.3 Å². The minimum Gasteiger partial charge on any atom is -0.497 e. The topological polar surface area (TPSA) is 160 Å². The molecule has 3 rings (SSSR count). The Bertz CT molecular complexity index is 1620. The number of ketones is 1. The number of carboxylic acids is 1. The van der Waals surface area contributed by atoms with Crippen molar-refractivity contribution in [2.24, 2.45) is 5.92 Å². The lowest BCUT2D eigenvalue weighted by molar-refractivity contribution is -0.175. The van der Waals surface area contributed by atoms with Gasteiger partial charge in [0, 0.05) is 17.0 Å². The predicted octanol–water partition coefficient (Wildman–Crippen LogP) is 4.28. The summed E-state index contributed by atoms with van der Waals surface area (Å²) >= 11 is 6.03. The van der Waals surface area contributed by atoms with Gasteiger partial charge in [0.2, 0.25) is 11.8 Å². The summed E-state index contributed by atoms with van der Waals surface area (Å²) in [4.78, 5) is 63.6. The highest BCUT2D eigenvalue weighted by atomic mass is 35.5. The van der Waals surface area contributed by atoms with E-state index in [-0.39, 0.29) is 28.3 Å². The van der Waals surface area contributed by atoms with Crippen LogP contribution < -0.4 is 25.4 Å². The number of halogens is 4. The van der Waals surface area contributed by atoms with Gasteiger partial charge in [0.1, 0.15) is 23.6 Å². The first-order valence-corrected chi connectivity index (χ1v) is 14.8. The lowest BCUT2D eigenvalue weighted by atomic mass is 9.97. The molecule has 0 saturated heterocycles. The van der Waals surface area contributed by atoms with Crippen molar-refractivity contribution in [3.63, 3.8) is 0 Å². The van der Waals surface area contributed by atoms with E-state index >= 15 is 0 Å². The highest BCUT2D eigenvalue weighted by Crippen LogP contribution is 2.24. The third-order valence-electron chi connectivity index (χ3n) is 6.96. The first kappa shape index (κ1) is 37.3. The van der Waals surface area contributed by atoms with Crippen molar-refractivity contribution in [2.45, 2.75) is 44.6 Å². The zero-order chi connectivity index (χ0) is 35.6. The molecule has 0 spiro atoms. The fourth-order valence-electron chi connectivity index (χ4n) is 4.47. The minimum atomic E-state index is -5.23. The highest BCUT2D eigenvalue weighted by molar-refractivity contribution is 6.31. The Hall–Kier alpha value is -5.11. The number of nitrogens with one attached hydrogen (secondary N) is 3. The van der Waals surface area contributed by atoms with Crippen molar-refractivity contribution >= 4 is 41.1 Å². The summed E-state index contributed by atoms with van der Waals surface area (Å²) in [6.45, 7) is 2.07. The van der Waals surface area contributed by atoms with Crippen LogP contribution in [-0.2, 0) is 25.6 Å². The number of Topliss-reactive ketones (excluding diaryl/α,β-unsaturated/α-hetero) is 1. The van der Waals surface area contributed by atoms with E-state index in [1.54, 1.807) is 6.07 Å². The molecule has 3 atom stereocenters. The molecule has 3 aromatic carbocycles. The van der Waals surface area contributed by atoms with Crippen molar-refractivity contribution in [3.8, 4) is 11.5 Å². The van der Waals surface area contributed by atoms with Crippen LogP contribution in [0.25, 0.3) is 0 Å². The molecule has 0 unspecified atom stereocenters. The number of ether oxygens (including phenoxy) is 2. The second kappa shape index (κ2) is 16.6. The lowest BCUT2D eigenvalue weighted by Crippen LogP contribution is -2.55. The van der Waals surface area contributed by atoms with Crippen LogP contribution in [0.15, 0.2) is 72.8 Å². The molecule has 0 saturated carbocycles. The summed E-state index contributed by atoms with van der Waals surface area (Å²) in [6.07, 6.45) is -5.37. The number of carbonyl (C=O) groups excluding carboxylic acids is 4. The number of carboxylic acid groups (broad SMARTS) is 1. The maximum atomic E-state index is 13.9. The molecule has 3 amide bonds. The van der Waals surface area contributed by atoms with Crippen LogP contribution >= 0.6 is 11.6 Å². The van der Waals surface area contributed by atoms with Crippen LogP contribution in [0.2, 0.25) is 5.02 Å². The number of rotatable bonds is 15. The second-order valence-corrected chi connectivity index (χ2v) is 11.3. The van der Waals surface area contributed by atoms with Gasteiger partial charge < -0.3 is 30.5 Å². The summed E-state index contributed by atoms with van der Waals surface area (Å²) in [5.74, 6) is -6.37. The van der Waals surface area contributed by atoms with Crippen LogP contribution in [0.1, 0.15) is 41.4 Å². The van der Waals surface area contributed by atoms with Gasteiger partial charge in [-0.2, -0.15) is 13.2 Å². The van der Waals surface area contributed by atoms with E-state index in [4.69, 9.17) is 26.2 Å². The van der Waals surface area contributed by atoms with Crippen LogP contribution in [0.5, 0.6) is 11.5 Å². The molecular formula is C33H33ClF3N3O8. The normalized spacial score (nSPS) is 13.1. The van der Waals surface area contributed by atoms with Crippen molar-refractivity contribution in [3.05, 3.63) is 94.5 Å². The molecule has 0 aromatic heterocycles. The van der Waals surface area contributed by atoms with Gasteiger partial charge in [-0.3, -0.25) is 19.2 Å². The Kier molecular flexibility index (Phi) is 12.9. The zero-order valence-electron chi connectivity index (χ0n) is 26.0. The number of carbonyl (C=O) groups is 5. The molecule has 0 heterocycles. The quantitative estimate of drug-likeness (QED) is 0.184. The van der Waals surface area contributed by atoms with Crippen LogP contribution in [0.3, 0.4) is 0 Å². The number of aliphatic carboxylic acids is 1. The molecule has 48 heavy (non-hydrogen) atoms. The molecule has 0 aliphatic rings. The van der Waals surface area contributed by atoms with E-state index in [2.05, 4.69) is 16.0 Å². The molecule has 256 valence electrons. The molecule has 4 N–H and O–H groups in total. The first-order valence-electron chi connectivity index (χ1n) is 14.4. The van der Waals surface area contributed by atoms with E-state index in [9.17, 15) is 37.1 Å². The van der Waals surface area contributed by atoms with E-state index in [1.165, 1.54) is 87.7 Å². The number of benzene rings is 3. The maximum absolute atomic E-state index is 13.9. The van der Waals surface area contributed by atoms with Gasteiger partial charge in [-0.1, -0.05) is 55.8 Å². The van der Waals surface area contributed by atoms with Gasteiger partial charge in [-0.15, -0.1) is 0 Å². The Morgan fingerprint density at radius 3 is 2.02 bits per heavy atom. The molecule has 0 aliphatic carbocycles. The Labute approximate surface area is 278 Å². The molecule has 0 radical (unpaired) electrons. The number of hydrogen-bond donors (Lipinski definition) is 4. The molecular weight excluding hydrogens is 659 g/mol.